The Balaban J connectivity index is 0.000000587. The third-order valence-electron chi connectivity index (χ3n) is 7.28. The number of nitrogens with one attached hydrogen (secondary N) is 1. The van der Waals surface area contributed by atoms with Crippen LogP contribution in [0, 0.1) is 11.3 Å². The molecule has 2 fully saturated rings. The highest BCUT2D eigenvalue weighted by atomic mass is 19.4. The third-order valence-corrected chi connectivity index (χ3v) is 7.28. The van der Waals surface area contributed by atoms with Crippen LogP contribution in [0.5, 0.6) is 0 Å². The van der Waals surface area contributed by atoms with Gasteiger partial charge in [0.25, 0.3) is 0 Å². The minimum atomic E-state index is -5.19. The summed E-state index contributed by atoms with van der Waals surface area (Å²) in [5.74, 6) is -6.26. The summed E-state index contributed by atoms with van der Waals surface area (Å²) in [6.07, 6.45) is -6.32. The Hall–Kier alpha value is -3.08. The van der Waals surface area contributed by atoms with Crippen LogP contribution in [0.3, 0.4) is 0 Å². The number of carbonyl (C=O) groups is 2. The molecular weight excluding hydrogens is 572 g/mol. The van der Waals surface area contributed by atoms with Crippen LogP contribution in [0.4, 0.5) is 35.1 Å². The molecule has 2 aromatic heterocycles. The van der Waals surface area contributed by atoms with Crippen LogP contribution in [0.15, 0.2) is 18.5 Å². The van der Waals surface area contributed by atoms with Crippen molar-refractivity contribution in [2.45, 2.75) is 68.9 Å². The molecule has 2 aromatic rings. The molecule has 9 nitrogen and oxygen atoms in total. The van der Waals surface area contributed by atoms with E-state index in [1.54, 1.807) is 35.8 Å². The second kappa shape index (κ2) is 11.7. The maximum Gasteiger partial charge on any atom is 0.430 e. The highest BCUT2D eigenvalue weighted by Crippen LogP contribution is 2.41. The lowest BCUT2D eigenvalue weighted by Gasteiger charge is -2.29. The molecule has 4 N–H and O–H groups in total. The highest BCUT2D eigenvalue weighted by molar-refractivity contribution is 5.86. The van der Waals surface area contributed by atoms with Crippen molar-refractivity contribution in [1.29, 1.82) is 0 Å². The van der Waals surface area contributed by atoms with Crippen molar-refractivity contribution in [1.82, 2.24) is 24.8 Å². The molecule has 4 rings (SSSR count). The summed E-state index contributed by atoms with van der Waals surface area (Å²) in [4.78, 5) is 27.8. The van der Waals surface area contributed by atoms with Crippen molar-refractivity contribution in [2.24, 2.45) is 11.3 Å². The molecule has 1 aliphatic heterocycles. The quantitative estimate of drug-likeness (QED) is 0.484. The third kappa shape index (κ3) is 8.02. The zero-order chi connectivity index (χ0) is 31.0. The Morgan fingerprint density at radius 1 is 1.22 bits per heavy atom. The summed E-state index contributed by atoms with van der Waals surface area (Å²) in [7, 11) is 3.43. The van der Waals surface area contributed by atoms with E-state index >= 15 is 0 Å². The van der Waals surface area contributed by atoms with Crippen LogP contribution in [0.1, 0.15) is 49.4 Å². The molecule has 3 heterocycles. The maximum atomic E-state index is 13.5. The van der Waals surface area contributed by atoms with Gasteiger partial charge in [-0.25, -0.2) is 18.3 Å². The number of quaternary nitrogens is 1. The first-order valence-electron chi connectivity index (χ1n) is 12.6. The molecule has 1 amide bonds. The van der Waals surface area contributed by atoms with Gasteiger partial charge in [-0.2, -0.15) is 31.4 Å². The molecule has 0 aromatic carbocycles. The number of fused-ring (bicyclic) bond motifs is 1. The number of hydrogen-bond donors (Lipinski definition) is 2. The van der Waals surface area contributed by atoms with E-state index in [-0.39, 0.29) is 44.2 Å². The summed E-state index contributed by atoms with van der Waals surface area (Å²) in [6, 6.07) is -0.442. The predicted octanol–water partition coefficient (Wildman–Crippen LogP) is 1.68. The Labute approximate surface area is 229 Å². The van der Waals surface area contributed by atoms with Crippen molar-refractivity contribution >= 4 is 17.5 Å². The molecule has 0 spiro atoms. The monoisotopic (exact) mass is 602 g/mol. The Morgan fingerprint density at radius 3 is 2.29 bits per heavy atom. The Bertz CT molecular complexity index is 1240. The lowest BCUT2D eigenvalue weighted by atomic mass is 9.78. The smallest absolute Gasteiger partial charge is 0.430 e. The fourth-order valence-corrected chi connectivity index (χ4v) is 5.30. The molecule has 0 bridgehead atoms. The number of carboxylic acid groups (broad SMARTS) is 1. The molecule has 1 unspecified atom stereocenters. The summed E-state index contributed by atoms with van der Waals surface area (Å²) < 4.78 is 100. The summed E-state index contributed by atoms with van der Waals surface area (Å²) in [6.45, 7) is 0.156. The molecule has 2 aliphatic rings. The van der Waals surface area contributed by atoms with Crippen LogP contribution in [0.25, 0.3) is 5.65 Å². The molecule has 0 radical (unpaired) electrons. The maximum absolute atomic E-state index is 13.5. The van der Waals surface area contributed by atoms with Gasteiger partial charge in [0.1, 0.15) is 23.7 Å². The van der Waals surface area contributed by atoms with Crippen LogP contribution < -0.4 is 16.2 Å². The number of carbonyl (C=O) groups excluding carboxylic acids is 2. The number of nitrogens with zero attached hydrogens (tertiary/aromatic N) is 4. The normalized spacial score (nSPS) is 24.2. The molecule has 41 heavy (non-hydrogen) atoms. The van der Waals surface area contributed by atoms with Crippen molar-refractivity contribution < 1.29 is 55.6 Å². The van der Waals surface area contributed by atoms with E-state index in [9.17, 15) is 39.9 Å². The Morgan fingerprint density at radius 2 is 1.80 bits per heavy atom. The van der Waals surface area contributed by atoms with E-state index in [1.165, 1.54) is 6.20 Å². The van der Waals surface area contributed by atoms with Crippen molar-refractivity contribution in [3.8, 4) is 0 Å². The number of aliphatic carboxylic acids is 1. The SMILES string of the molecule is CN(C)CC1(Cc2cnn3cc([C@@H]([NH3+])C4CCC(F)(F)CC4)nc3c2)C[C@@H](C(F)(F)F)NC1=O.O=C([O-])C(F)(F)F. The zero-order valence-corrected chi connectivity index (χ0v) is 22.2. The second-order valence-electron chi connectivity index (χ2n) is 10.9. The number of hydrogen-bond acceptors (Lipinski definition) is 6. The van der Waals surface area contributed by atoms with Crippen LogP contribution >= 0.6 is 0 Å². The topological polar surface area (TPSA) is 130 Å². The van der Waals surface area contributed by atoms with Gasteiger partial charge in [-0.15, -0.1) is 0 Å². The number of amides is 1. The van der Waals surface area contributed by atoms with E-state index in [4.69, 9.17) is 9.90 Å². The molecule has 17 heteroatoms. The first kappa shape index (κ1) is 32.4. The zero-order valence-electron chi connectivity index (χ0n) is 22.2. The highest BCUT2D eigenvalue weighted by Gasteiger charge is 2.55. The second-order valence-corrected chi connectivity index (χ2v) is 10.9. The van der Waals surface area contributed by atoms with Crippen LogP contribution in [-0.2, 0) is 16.0 Å². The molecule has 3 atom stereocenters. The van der Waals surface area contributed by atoms with E-state index in [1.807, 2.05) is 0 Å². The van der Waals surface area contributed by atoms with Gasteiger partial charge >= 0.3 is 12.4 Å². The minimum Gasteiger partial charge on any atom is -0.542 e. The number of carboxylic acids is 1. The lowest BCUT2D eigenvalue weighted by molar-refractivity contribution is -0.443. The average Bonchev–Trinajstić information content (AvgIpc) is 3.39. The molecule has 230 valence electrons. The van der Waals surface area contributed by atoms with Gasteiger partial charge in [-0.1, -0.05) is 0 Å². The molecule has 1 saturated heterocycles. The lowest BCUT2D eigenvalue weighted by Crippen LogP contribution is -2.57. The van der Waals surface area contributed by atoms with Gasteiger partial charge < -0.3 is 25.9 Å². The van der Waals surface area contributed by atoms with Gasteiger partial charge in [0.05, 0.1) is 17.8 Å². The number of aromatic nitrogens is 3. The molecular formula is C24H30F8N6O3. The minimum absolute atomic E-state index is 0.00569. The first-order valence-corrected chi connectivity index (χ1v) is 12.6. The van der Waals surface area contributed by atoms with E-state index in [0.717, 1.165) is 0 Å². The van der Waals surface area contributed by atoms with Crippen molar-refractivity contribution in [2.75, 3.05) is 20.6 Å². The van der Waals surface area contributed by atoms with Gasteiger partial charge in [0, 0.05) is 25.3 Å². The summed E-state index contributed by atoms with van der Waals surface area (Å²) in [5, 5.41) is 15.2. The van der Waals surface area contributed by atoms with Gasteiger partial charge in [0.15, 0.2) is 5.65 Å². The largest absolute Gasteiger partial charge is 0.542 e. The fraction of sp³-hybridized carbons (Fsp3) is 0.667. The average molecular weight is 603 g/mol. The summed E-state index contributed by atoms with van der Waals surface area (Å²) >= 11 is 0. The number of alkyl halides is 8. The van der Waals surface area contributed by atoms with Crippen LogP contribution in [-0.4, -0.2) is 76.3 Å². The van der Waals surface area contributed by atoms with Gasteiger partial charge in [-0.05, 0) is 51.4 Å². The molecule has 1 saturated carbocycles. The number of halogens is 8. The van der Waals surface area contributed by atoms with Crippen molar-refractivity contribution in [3.05, 3.63) is 29.7 Å². The van der Waals surface area contributed by atoms with Gasteiger partial charge in [0.2, 0.25) is 11.8 Å². The number of imidazole rings is 1. The van der Waals surface area contributed by atoms with Crippen molar-refractivity contribution in [3.63, 3.8) is 0 Å². The molecule has 1 aliphatic carbocycles. The summed E-state index contributed by atoms with van der Waals surface area (Å²) in [5.41, 5.74) is 4.62. The van der Waals surface area contributed by atoms with E-state index in [0.29, 0.717) is 29.7 Å². The fourth-order valence-electron chi connectivity index (χ4n) is 5.30. The Kier molecular flexibility index (Phi) is 9.22. The standard InChI is InChI=1S/C22H29F5N6O.C2HF3O2/c1-32(2)12-20(9-16(22(25,26)27)31-19(20)34)8-13-7-17-30-15(11-33(17)29-10-13)18(28)14-3-5-21(23,24)6-4-14;3-2(4,5)1(6)7/h7,10-11,14,16,18H,3-6,8-9,12,28H2,1-2H3,(H,31,34);(H,6,7)/t16-,18-,20?;/m0./s1. The number of rotatable bonds is 6. The van der Waals surface area contributed by atoms with E-state index in [2.05, 4.69) is 21.1 Å². The van der Waals surface area contributed by atoms with Crippen LogP contribution in [0.2, 0.25) is 0 Å². The van der Waals surface area contributed by atoms with Gasteiger partial charge in [-0.3, -0.25) is 4.79 Å². The predicted molar refractivity (Wildman–Crippen MR) is 124 cm³/mol. The van der Waals surface area contributed by atoms with E-state index < -0.39 is 41.6 Å². The first-order chi connectivity index (χ1) is 18.7.